The molecule has 0 aromatic heterocycles. The Balaban J connectivity index is 1.50. The van der Waals surface area contributed by atoms with Crippen molar-refractivity contribution in [1.82, 2.24) is 20.9 Å². The third-order valence-corrected chi connectivity index (χ3v) is 6.76. The van der Waals surface area contributed by atoms with Crippen molar-refractivity contribution in [3.05, 3.63) is 89.5 Å². The van der Waals surface area contributed by atoms with Crippen LogP contribution in [0.4, 0.5) is 0 Å². The molecule has 10 nitrogen and oxygen atoms in total. The van der Waals surface area contributed by atoms with Crippen LogP contribution in [0.5, 0.6) is 0 Å². The molecule has 0 unspecified atom stereocenters. The summed E-state index contributed by atoms with van der Waals surface area (Å²) in [7, 11) is -4.54. The van der Waals surface area contributed by atoms with E-state index in [1.54, 1.807) is 36.4 Å². The van der Waals surface area contributed by atoms with Crippen LogP contribution in [0.2, 0.25) is 0 Å². The van der Waals surface area contributed by atoms with Crippen LogP contribution in [0, 0.1) is 0 Å². The fraction of sp³-hybridized carbons (Fsp3) is 0.333. The molecule has 9 N–H and O–H groups in total. The first-order valence-corrected chi connectivity index (χ1v) is 13.5. The normalized spacial score (nSPS) is 11.2. The molecular weight excluding hydrogens is 509 g/mol. The van der Waals surface area contributed by atoms with Gasteiger partial charge >= 0.3 is 21.4 Å². The summed E-state index contributed by atoms with van der Waals surface area (Å²) in [6, 6.07) is 21.7. The molecule has 0 aliphatic heterocycles. The minimum absolute atomic E-state index is 0.488. The highest BCUT2D eigenvalue weighted by molar-refractivity contribution is 6.59. The predicted octanol–water partition coefficient (Wildman–Crippen LogP) is -3.30. The third kappa shape index (κ3) is 10.5. The number of rotatable bonds is 18. The Labute approximate surface area is 237 Å². The van der Waals surface area contributed by atoms with E-state index in [0.717, 1.165) is 36.3 Å². The van der Waals surface area contributed by atoms with E-state index < -0.39 is 21.4 Å². The smallest absolute Gasteiger partial charge is 0.423 e. The maximum atomic E-state index is 9.60. The first-order chi connectivity index (χ1) is 19.4. The summed E-state index contributed by atoms with van der Waals surface area (Å²) in [5.74, 6) is 0. The lowest BCUT2D eigenvalue weighted by Crippen LogP contribution is -2.42. The van der Waals surface area contributed by atoms with E-state index in [4.69, 9.17) is 0 Å². The van der Waals surface area contributed by atoms with Gasteiger partial charge in [-0.05, 0) is 33.1 Å². The van der Waals surface area contributed by atoms with Crippen LogP contribution >= 0.6 is 0 Å². The van der Waals surface area contributed by atoms with Crippen LogP contribution in [0.15, 0.2) is 72.8 Å². The Morgan fingerprint density at radius 3 is 1.00 bits per heavy atom. The molecular formula is C27H39B3N4O6. The Morgan fingerprint density at radius 2 is 0.725 bits per heavy atom. The maximum absolute atomic E-state index is 9.60. The first-order valence-electron chi connectivity index (χ1n) is 13.5. The SMILES string of the molecule is OB(O)c1ccccc1CNCCN(CCNCc1ccccc1B(O)O)CCNCc1ccccc1B(O)O. The highest BCUT2D eigenvalue weighted by atomic mass is 16.4. The number of benzene rings is 3. The summed E-state index contributed by atoms with van der Waals surface area (Å²) in [6.45, 7) is 5.87. The highest BCUT2D eigenvalue weighted by Crippen LogP contribution is 2.00. The Morgan fingerprint density at radius 1 is 0.450 bits per heavy atom. The average Bonchev–Trinajstić information content (AvgIpc) is 2.95. The van der Waals surface area contributed by atoms with Gasteiger partial charge in [-0.15, -0.1) is 0 Å². The van der Waals surface area contributed by atoms with Crippen molar-refractivity contribution in [3.8, 4) is 0 Å². The van der Waals surface area contributed by atoms with E-state index in [1.165, 1.54) is 0 Å². The van der Waals surface area contributed by atoms with Gasteiger partial charge in [0.05, 0.1) is 0 Å². The fourth-order valence-corrected chi connectivity index (χ4v) is 4.56. The van der Waals surface area contributed by atoms with E-state index in [-0.39, 0.29) is 0 Å². The summed E-state index contributed by atoms with van der Waals surface area (Å²) in [4.78, 5) is 2.29. The highest BCUT2D eigenvalue weighted by Gasteiger charge is 2.17. The van der Waals surface area contributed by atoms with Crippen LogP contribution in [0.25, 0.3) is 0 Å². The van der Waals surface area contributed by atoms with E-state index >= 15 is 0 Å². The zero-order chi connectivity index (χ0) is 28.7. The summed E-state index contributed by atoms with van der Waals surface area (Å²) < 4.78 is 0. The molecule has 40 heavy (non-hydrogen) atoms. The van der Waals surface area contributed by atoms with Gasteiger partial charge in [-0.2, -0.15) is 0 Å². The van der Waals surface area contributed by atoms with Gasteiger partial charge in [-0.25, -0.2) is 0 Å². The van der Waals surface area contributed by atoms with Crippen molar-refractivity contribution in [2.45, 2.75) is 19.6 Å². The lowest BCUT2D eigenvalue weighted by atomic mass is 9.77. The molecule has 212 valence electrons. The van der Waals surface area contributed by atoms with Crippen LogP contribution in [-0.4, -0.2) is 95.7 Å². The monoisotopic (exact) mass is 548 g/mol. The molecule has 0 saturated carbocycles. The Bertz CT molecular complexity index is 1020. The molecule has 3 aromatic rings. The number of hydrogen-bond donors (Lipinski definition) is 9. The molecule has 0 heterocycles. The molecule has 0 radical (unpaired) electrons. The molecule has 3 rings (SSSR count). The fourth-order valence-electron chi connectivity index (χ4n) is 4.56. The zero-order valence-corrected chi connectivity index (χ0v) is 22.7. The number of nitrogens with one attached hydrogen (secondary N) is 3. The van der Waals surface area contributed by atoms with Crippen LogP contribution in [0.3, 0.4) is 0 Å². The van der Waals surface area contributed by atoms with Gasteiger partial charge in [0, 0.05) is 58.9 Å². The summed E-state index contributed by atoms with van der Waals surface area (Å²) >= 11 is 0. The minimum atomic E-state index is -1.51. The van der Waals surface area contributed by atoms with Gasteiger partial charge in [-0.3, -0.25) is 4.90 Å². The molecule has 3 aromatic carbocycles. The van der Waals surface area contributed by atoms with Crippen molar-refractivity contribution < 1.29 is 30.1 Å². The molecule has 0 spiro atoms. The molecule has 0 aliphatic rings. The molecule has 0 atom stereocenters. The summed E-state index contributed by atoms with van der Waals surface area (Å²) in [5, 5.41) is 67.8. The van der Waals surface area contributed by atoms with Gasteiger partial charge in [0.15, 0.2) is 0 Å². The van der Waals surface area contributed by atoms with Gasteiger partial charge in [0.25, 0.3) is 0 Å². The lowest BCUT2D eigenvalue weighted by molar-refractivity contribution is 0.271. The number of hydrogen-bond acceptors (Lipinski definition) is 10. The van der Waals surface area contributed by atoms with Crippen molar-refractivity contribution in [2.24, 2.45) is 0 Å². The first kappa shape index (κ1) is 32.0. The van der Waals surface area contributed by atoms with Crippen LogP contribution in [-0.2, 0) is 19.6 Å². The van der Waals surface area contributed by atoms with Gasteiger partial charge < -0.3 is 46.1 Å². The van der Waals surface area contributed by atoms with Gasteiger partial charge in [0.1, 0.15) is 0 Å². The van der Waals surface area contributed by atoms with E-state index in [2.05, 4.69) is 20.9 Å². The maximum Gasteiger partial charge on any atom is 0.488 e. The van der Waals surface area contributed by atoms with Crippen LogP contribution in [0.1, 0.15) is 16.7 Å². The Kier molecular flexibility index (Phi) is 13.8. The second-order valence-corrected chi connectivity index (χ2v) is 9.59. The standard InChI is InChI=1S/C27H39B3N4O6/c35-28(36)25-10-4-1-7-22(25)19-31-13-16-34(17-14-32-20-23-8-2-5-11-26(23)29(37)38)18-15-33-21-24-9-3-6-12-27(24)30(39)40/h1-12,31-33,35-40H,13-21H2. The second-order valence-electron chi connectivity index (χ2n) is 9.59. The van der Waals surface area contributed by atoms with Crippen molar-refractivity contribution in [1.29, 1.82) is 0 Å². The average molecular weight is 548 g/mol. The van der Waals surface area contributed by atoms with E-state index in [9.17, 15) is 30.1 Å². The van der Waals surface area contributed by atoms with Gasteiger partial charge in [-0.1, -0.05) is 72.8 Å². The van der Waals surface area contributed by atoms with Crippen molar-refractivity contribution in [2.75, 3.05) is 39.3 Å². The van der Waals surface area contributed by atoms with Gasteiger partial charge in [0.2, 0.25) is 0 Å². The largest absolute Gasteiger partial charge is 0.488 e. The lowest BCUT2D eigenvalue weighted by Gasteiger charge is -2.23. The van der Waals surface area contributed by atoms with E-state index in [0.29, 0.717) is 55.7 Å². The summed E-state index contributed by atoms with van der Waals surface area (Å²) in [6.07, 6.45) is 0. The molecule has 0 fully saturated rings. The summed E-state index contributed by atoms with van der Waals surface area (Å²) in [5.41, 5.74) is 3.97. The zero-order valence-electron chi connectivity index (χ0n) is 22.7. The van der Waals surface area contributed by atoms with Crippen molar-refractivity contribution >= 4 is 37.7 Å². The van der Waals surface area contributed by atoms with Crippen LogP contribution < -0.4 is 32.3 Å². The molecule has 0 saturated heterocycles. The quantitative estimate of drug-likeness (QED) is 0.0583. The number of nitrogens with zero attached hydrogens (tertiary/aromatic N) is 1. The van der Waals surface area contributed by atoms with E-state index in [1.807, 2.05) is 36.4 Å². The van der Waals surface area contributed by atoms with Crippen molar-refractivity contribution in [3.63, 3.8) is 0 Å². The topological polar surface area (TPSA) is 161 Å². The second kappa shape index (κ2) is 17.3. The molecule has 0 aliphatic carbocycles. The molecule has 0 amide bonds. The molecule has 13 heteroatoms. The minimum Gasteiger partial charge on any atom is -0.423 e. The Hall–Kier alpha value is -2.55. The molecule has 0 bridgehead atoms. The third-order valence-electron chi connectivity index (χ3n) is 6.76. The predicted molar refractivity (Wildman–Crippen MR) is 160 cm³/mol.